The lowest BCUT2D eigenvalue weighted by Gasteiger charge is -2.18. The Balaban J connectivity index is 1.48. The molecule has 0 fully saturated rings. The van der Waals surface area contributed by atoms with Crippen LogP contribution in [-0.4, -0.2) is 33.0 Å². The summed E-state index contributed by atoms with van der Waals surface area (Å²) in [5, 5.41) is 8.75. The van der Waals surface area contributed by atoms with Crippen LogP contribution in [0.5, 0.6) is 5.75 Å². The third-order valence-electron chi connectivity index (χ3n) is 8.31. The molecule has 9 heteroatoms. The number of carbonyl (C=O) groups is 1. The summed E-state index contributed by atoms with van der Waals surface area (Å²) in [6.45, 7) is 10.5. The molecule has 0 saturated carbocycles. The van der Waals surface area contributed by atoms with Crippen molar-refractivity contribution in [3.63, 3.8) is 0 Å². The zero-order valence-electron chi connectivity index (χ0n) is 27.0. The van der Waals surface area contributed by atoms with Crippen molar-refractivity contribution in [2.24, 2.45) is 5.10 Å². The number of carbonyl (C=O) groups excluding carboxylic acids is 1. The van der Waals surface area contributed by atoms with E-state index in [1.54, 1.807) is 24.4 Å². The molecular formula is C38H36FN5O3. The lowest BCUT2D eigenvalue weighted by molar-refractivity contribution is -0.116. The van der Waals surface area contributed by atoms with Crippen molar-refractivity contribution in [2.75, 3.05) is 11.9 Å². The van der Waals surface area contributed by atoms with E-state index in [0.717, 1.165) is 44.6 Å². The number of hydrogen-bond acceptors (Lipinski definition) is 5. The van der Waals surface area contributed by atoms with Crippen molar-refractivity contribution in [3.05, 3.63) is 123 Å². The predicted octanol–water partition coefficient (Wildman–Crippen LogP) is 7.82. The number of para-hydroxylation sites is 3. The normalized spacial score (nSPS) is 11.6. The van der Waals surface area contributed by atoms with Crippen LogP contribution < -0.4 is 15.6 Å². The Morgan fingerprint density at radius 2 is 1.70 bits per heavy atom. The number of anilines is 1. The summed E-state index contributed by atoms with van der Waals surface area (Å²) < 4.78 is 23.4. The number of fused-ring (bicyclic) bond motifs is 2. The van der Waals surface area contributed by atoms with E-state index in [-0.39, 0.29) is 29.6 Å². The molecule has 4 aromatic carbocycles. The average Bonchev–Trinajstić information content (AvgIpc) is 3.31. The third-order valence-corrected chi connectivity index (χ3v) is 8.31. The first kappa shape index (κ1) is 31.4. The Morgan fingerprint density at radius 1 is 1.00 bits per heavy atom. The number of aryl methyl sites for hydroxylation is 1. The molecule has 0 aliphatic carbocycles. The van der Waals surface area contributed by atoms with Crippen LogP contribution in [0.25, 0.3) is 33.2 Å². The highest BCUT2D eigenvalue weighted by Gasteiger charge is 2.20. The fourth-order valence-electron chi connectivity index (χ4n) is 5.91. The van der Waals surface area contributed by atoms with E-state index in [9.17, 15) is 14.0 Å². The summed E-state index contributed by atoms with van der Waals surface area (Å²) in [5.74, 6) is 0.523. The largest absolute Gasteiger partial charge is 0.494 e. The summed E-state index contributed by atoms with van der Waals surface area (Å²) in [6, 6.07) is 25.0. The molecule has 8 nitrogen and oxygen atoms in total. The lowest BCUT2D eigenvalue weighted by atomic mass is 9.96. The molecule has 238 valence electrons. The summed E-state index contributed by atoms with van der Waals surface area (Å²) in [6.07, 6.45) is 1.65. The van der Waals surface area contributed by atoms with Crippen LogP contribution in [0, 0.1) is 19.7 Å². The first-order chi connectivity index (χ1) is 22.7. The second-order valence-electron chi connectivity index (χ2n) is 11.7. The van der Waals surface area contributed by atoms with Crippen molar-refractivity contribution in [1.82, 2.24) is 14.2 Å². The molecule has 6 rings (SSSR count). The molecule has 1 N–H and O–H groups in total. The number of amides is 1. The van der Waals surface area contributed by atoms with Crippen molar-refractivity contribution in [3.8, 4) is 17.1 Å². The molecule has 6 aromatic rings. The van der Waals surface area contributed by atoms with E-state index in [4.69, 9.17) is 14.8 Å². The van der Waals surface area contributed by atoms with Gasteiger partial charge in [-0.1, -0.05) is 56.3 Å². The van der Waals surface area contributed by atoms with Gasteiger partial charge in [0.1, 0.15) is 18.1 Å². The molecule has 0 saturated heterocycles. The van der Waals surface area contributed by atoms with E-state index in [1.165, 1.54) is 16.8 Å². The molecule has 0 atom stereocenters. The molecule has 47 heavy (non-hydrogen) atoms. The first-order valence-electron chi connectivity index (χ1n) is 15.6. The Morgan fingerprint density at radius 3 is 2.45 bits per heavy atom. The van der Waals surface area contributed by atoms with Gasteiger partial charge >= 0.3 is 0 Å². The first-order valence-corrected chi connectivity index (χ1v) is 15.6. The summed E-state index contributed by atoms with van der Waals surface area (Å²) in [5.41, 5.74) is 5.41. The van der Waals surface area contributed by atoms with Gasteiger partial charge in [-0.2, -0.15) is 9.78 Å². The molecule has 0 bridgehead atoms. The molecule has 1 amide bonds. The van der Waals surface area contributed by atoms with E-state index in [2.05, 4.69) is 19.2 Å². The van der Waals surface area contributed by atoms with Gasteiger partial charge in [-0.25, -0.2) is 9.37 Å². The zero-order valence-corrected chi connectivity index (χ0v) is 27.0. The van der Waals surface area contributed by atoms with E-state index in [0.29, 0.717) is 23.3 Å². The number of aromatic nitrogens is 3. The van der Waals surface area contributed by atoms with E-state index >= 15 is 0 Å². The minimum Gasteiger partial charge on any atom is -0.494 e. The standard InChI is InChI=1S/C38H36FN5O3/c1-6-47-35-19-24(4)29(20-28(35)23(2)3)37-42-32-16-10-7-14-27(32)38(46)44(37)40-21-30-25(5)43(34-18-12-8-13-26(30)34)22-36(45)41-33-17-11-9-15-31(33)39/h7-21,23H,6,22H2,1-5H3,(H,41,45). The Kier molecular flexibility index (Phi) is 8.72. The summed E-state index contributed by atoms with van der Waals surface area (Å²) in [4.78, 5) is 32.1. The fourth-order valence-corrected chi connectivity index (χ4v) is 5.91. The second kappa shape index (κ2) is 13.0. The number of nitrogens with one attached hydrogen (secondary N) is 1. The highest BCUT2D eigenvalue weighted by Crippen LogP contribution is 2.34. The van der Waals surface area contributed by atoms with Crippen LogP contribution in [0.3, 0.4) is 0 Å². The fraction of sp³-hybridized carbons (Fsp3) is 0.211. The number of rotatable bonds is 9. The molecule has 0 spiro atoms. The number of halogens is 1. The minimum absolute atomic E-state index is 0.0411. The molecular weight excluding hydrogens is 593 g/mol. The molecule has 0 aliphatic heterocycles. The van der Waals surface area contributed by atoms with Gasteiger partial charge in [-0.15, -0.1) is 0 Å². The Bertz CT molecular complexity index is 2230. The zero-order chi connectivity index (χ0) is 33.2. The number of benzene rings is 4. The maximum Gasteiger partial charge on any atom is 0.282 e. The SMILES string of the molecule is CCOc1cc(C)c(-c2nc3ccccc3c(=O)n2N=Cc2c(C)n(CC(=O)Nc3ccccc3F)c3ccccc23)cc1C(C)C. The molecule has 2 aromatic heterocycles. The number of nitrogens with zero attached hydrogens (tertiary/aromatic N) is 4. The van der Waals surface area contributed by atoms with Crippen LogP contribution in [0.15, 0.2) is 94.8 Å². The van der Waals surface area contributed by atoms with Crippen LogP contribution in [0.4, 0.5) is 10.1 Å². The summed E-state index contributed by atoms with van der Waals surface area (Å²) in [7, 11) is 0. The van der Waals surface area contributed by atoms with Crippen molar-refractivity contribution >= 4 is 39.6 Å². The van der Waals surface area contributed by atoms with E-state index < -0.39 is 5.82 Å². The second-order valence-corrected chi connectivity index (χ2v) is 11.7. The minimum atomic E-state index is -0.503. The topological polar surface area (TPSA) is 90.5 Å². The maximum atomic E-state index is 14.2. The van der Waals surface area contributed by atoms with E-state index in [1.807, 2.05) is 79.9 Å². The van der Waals surface area contributed by atoms with Crippen molar-refractivity contribution in [2.45, 2.75) is 47.1 Å². The Labute approximate surface area is 272 Å². The van der Waals surface area contributed by atoms with Gasteiger partial charge in [-0.05, 0) is 80.3 Å². The lowest BCUT2D eigenvalue weighted by Crippen LogP contribution is -2.21. The van der Waals surface area contributed by atoms with Gasteiger partial charge in [-0.3, -0.25) is 9.59 Å². The maximum absolute atomic E-state index is 14.2. The van der Waals surface area contributed by atoms with Crippen molar-refractivity contribution in [1.29, 1.82) is 0 Å². The number of hydrogen-bond donors (Lipinski definition) is 1. The van der Waals surface area contributed by atoms with Crippen LogP contribution in [-0.2, 0) is 11.3 Å². The van der Waals surface area contributed by atoms with Crippen LogP contribution in [0.2, 0.25) is 0 Å². The van der Waals surface area contributed by atoms with Gasteiger partial charge in [0.05, 0.1) is 29.4 Å². The monoisotopic (exact) mass is 629 g/mol. The predicted molar refractivity (Wildman–Crippen MR) is 186 cm³/mol. The average molecular weight is 630 g/mol. The quantitative estimate of drug-likeness (QED) is 0.165. The van der Waals surface area contributed by atoms with Gasteiger partial charge in [0.2, 0.25) is 5.91 Å². The van der Waals surface area contributed by atoms with Crippen LogP contribution in [0.1, 0.15) is 49.1 Å². The van der Waals surface area contributed by atoms with Gasteiger partial charge < -0.3 is 14.6 Å². The summed E-state index contributed by atoms with van der Waals surface area (Å²) >= 11 is 0. The van der Waals surface area contributed by atoms with Gasteiger partial charge in [0.15, 0.2) is 5.82 Å². The van der Waals surface area contributed by atoms with Gasteiger partial charge in [0.25, 0.3) is 5.56 Å². The Hall–Kier alpha value is -5.57. The molecule has 2 heterocycles. The third kappa shape index (κ3) is 6.04. The smallest absolute Gasteiger partial charge is 0.282 e. The van der Waals surface area contributed by atoms with Crippen molar-refractivity contribution < 1.29 is 13.9 Å². The highest BCUT2D eigenvalue weighted by molar-refractivity contribution is 6.02. The van der Waals surface area contributed by atoms with Gasteiger partial charge in [0, 0.05) is 27.7 Å². The highest BCUT2D eigenvalue weighted by atomic mass is 19.1. The number of ether oxygens (including phenoxy) is 1. The van der Waals surface area contributed by atoms with Crippen LogP contribution >= 0.6 is 0 Å². The molecule has 0 radical (unpaired) electrons. The molecule has 0 aliphatic rings. The molecule has 0 unspecified atom stereocenters.